The predicted molar refractivity (Wildman–Crippen MR) is 88.7 cm³/mol. The van der Waals surface area contributed by atoms with Crippen LogP contribution < -0.4 is 4.90 Å². The molecule has 1 aromatic rings. The first kappa shape index (κ1) is 14.6. The molecule has 0 aromatic heterocycles. The van der Waals surface area contributed by atoms with Crippen molar-refractivity contribution in [1.29, 1.82) is 0 Å². The third kappa shape index (κ3) is 4.10. The molecule has 1 atom stereocenters. The fourth-order valence-electron chi connectivity index (χ4n) is 1.76. The monoisotopic (exact) mass is 286 g/mol. The molecule has 1 heterocycles. The molecule has 1 aromatic carbocycles. The molecular formula is C16H18N2OS. The lowest BCUT2D eigenvalue weighted by atomic mass is 10.2. The number of aldehydes is 1. The Hall–Kier alpha value is -1.81. The lowest BCUT2D eigenvalue weighted by molar-refractivity contribution is -0.108. The summed E-state index contributed by atoms with van der Waals surface area (Å²) in [7, 11) is 4.06. The second kappa shape index (κ2) is 7.10. The van der Waals surface area contributed by atoms with Crippen LogP contribution in [0, 0.1) is 0 Å². The number of anilines is 1. The van der Waals surface area contributed by atoms with E-state index >= 15 is 0 Å². The Balaban J connectivity index is 1.91. The van der Waals surface area contributed by atoms with Gasteiger partial charge in [0.2, 0.25) is 0 Å². The summed E-state index contributed by atoms with van der Waals surface area (Å²) >= 11 is 1.62. The SMILES string of the molecule is CN(C)c1ccc(/C=C/C=C/C2=N[C@@H](C=O)CS2)cc1. The molecule has 0 fully saturated rings. The maximum Gasteiger partial charge on any atom is 0.145 e. The van der Waals surface area contributed by atoms with Crippen LogP contribution in [0.1, 0.15) is 5.56 Å². The number of carbonyl (C=O) groups excluding carboxylic acids is 1. The van der Waals surface area contributed by atoms with Crippen LogP contribution in [0.3, 0.4) is 0 Å². The number of nitrogens with zero attached hydrogens (tertiary/aromatic N) is 2. The highest BCUT2D eigenvalue weighted by Gasteiger charge is 2.14. The molecule has 0 bridgehead atoms. The second-order valence-electron chi connectivity index (χ2n) is 4.69. The van der Waals surface area contributed by atoms with Crippen LogP contribution in [0.15, 0.2) is 47.5 Å². The highest BCUT2D eigenvalue weighted by atomic mass is 32.2. The maximum atomic E-state index is 10.6. The molecule has 0 amide bonds. The number of hydrogen-bond acceptors (Lipinski definition) is 4. The number of aliphatic imine (C=N–C) groups is 1. The van der Waals surface area contributed by atoms with Crippen molar-refractivity contribution in [1.82, 2.24) is 0 Å². The van der Waals surface area contributed by atoms with E-state index in [9.17, 15) is 4.79 Å². The summed E-state index contributed by atoms with van der Waals surface area (Å²) in [6.07, 6.45) is 8.84. The average Bonchev–Trinajstić information content (AvgIpc) is 2.92. The van der Waals surface area contributed by atoms with Gasteiger partial charge in [0.05, 0.1) is 5.04 Å². The molecule has 104 valence electrons. The summed E-state index contributed by atoms with van der Waals surface area (Å²) in [6.45, 7) is 0. The summed E-state index contributed by atoms with van der Waals surface area (Å²) in [4.78, 5) is 16.9. The molecule has 1 aliphatic rings. The normalized spacial score (nSPS) is 18.7. The predicted octanol–water partition coefficient (Wildman–Crippen LogP) is 3.03. The summed E-state index contributed by atoms with van der Waals surface area (Å²) < 4.78 is 0. The molecular weight excluding hydrogens is 268 g/mol. The number of carbonyl (C=O) groups is 1. The van der Waals surface area contributed by atoms with Crippen molar-refractivity contribution in [2.24, 2.45) is 4.99 Å². The van der Waals surface area contributed by atoms with Gasteiger partial charge in [0.1, 0.15) is 12.3 Å². The van der Waals surface area contributed by atoms with Gasteiger partial charge in [0.25, 0.3) is 0 Å². The molecule has 2 rings (SSSR count). The van der Waals surface area contributed by atoms with Crippen molar-refractivity contribution in [2.45, 2.75) is 6.04 Å². The van der Waals surface area contributed by atoms with Crippen LogP contribution in [0.4, 0.5) is 5.69 Å². The van der Waals surface area contributed by atoms with E-state index in [-0.39, 0.29) is 6.04 Å². The number of allylic oxidation sites excluding steroid dienone is 2. The second-order valence-corrected chi connectivity index (χ2v) is 5.73. The smallest absolute Gasteiger partial charge is 0.145 e. The van der Waals surface area contributed by atoms with Gasteiger partial charge in [-0.05, 0) is 23.8 Å². The van der Waals surface area contributed by atoms with Gasteiger partial charge in [-0.25, -0.2) is 0 Å². The van der Waals surface area contributed by atoms with Gasteiger partial charge in [-0.15, -0.1) is 11.8 Å². The lowest BCUT2D eigenvalue weighted by Crippen LogP contribution is -2.07. The molecule has 1 aliphatic heterocycles. The maximum absolute atomic E-state index is 10.6. The largest absolute Gasteiger partial charge is 0.378 e. The number of benzene rings is 1. The Labute approximate surface area is 124 Å². The quantitative estimate of drug-likeness (QED) is 0.616. The summed E-state index contributed by atoms with van der Waals surface area (Å²) in [6, 6.07) is 8.19. The zero-order valence-electron chi connectivity index (χ0n) is 11.7. The van der Waals surface area contributed by atoms with Gasteiger partial charge in [-0.2, -0.15) is 0 Å². The van der Waals surface area contributed by atoms with Gasteiger partial charge in [0.15, 0.2) is 0 Å². The van der Waals surface area contributed by atoms with Crippen molar-refractivity contribution in [3.63, 3.8) is 0 Å². The fourth-order valence-corrected chi connectivity index (χ4v) is 2.64. The topological polar surface area (TPSA) is 32.7 Å². The number of hydrogen-bond donors (Lipinski definition) is 0. The molecule has 0 radical (unpaired) electrons. The highest BCUT2D eigenvalue weighted by molar-refractivity contribution is 8.14. The summed E-state index contributed by atoms with van der Waals surface area (Å²) in [5, 5.41) is 0.926. The van der Waals surface area contributed by atoms with Crippen LogP contribution in [0.5, 0.6) is 0 Å². The minimum absolute atomic E-state index is 0.165. The van der Waals surface area contributed by atoms with E-state index in [1.165, 1.54) is 5.69 Å². The van der Waals surface area contributed by atoms with Gasteiger partial charge in [-0.1, -0.05) is 30.4 Å². The van der Waals surface area contributed by atoms with Gasteiger partial charge >= 0.3 is 0 Å². The Bertz CT molecular complexity index is 544. The Morgan fingerprint density at radius 2 is 1.90 bits per heavy atom. The summed E-state index contributed by atoms with van der Waals surface area (Å²) in [5.41, 5.74) is 2.35. The fraction of sp³-hybridized carbons (Fsp3) is 0.250. The first-order valence-electron chi connectivity index (χ1n) is 6.47. The van der Waals surface area contributed by atoms with Crippen LogP contribution in [-0.4, -0.2) is 37.2 Å². The minimum Gasteiger partial charge on any atom is -0.378 e. The van der Waals surface area contributed by atoms with Crippen molar-refractivity contribution >= 4 is 34.9 Å². The first-order chi connectivity index (χ1) is 9.69. The minimum atomic E-state index is -0.165. The molecule has 0 unspecified atom stereocenters. The number of thioether (sulfide) groups is 1. The van der Waals surface area contributed by atoms with Crippen molar-refractivity contribution in [2.75, 3.05) is 24.7 Å². The number of rotatable bonds is 5. The lowest BCUT2D eigenvalue weighted by Gasteiger charge is -2.11. The zero-order chi connectivity index (χ0) is 14.4. The van der Waals surface area contributed by atoms with Crippen LogP contribution in [0.2, 0.25) is 0 Å². The Morgan fingerprint density at radius 1 is 1.20 bits per heavy atom. The van der Waals surface area contributed by atoms with Crippen molar-refractivity contribution in [3.05, 3.63) is 48.1 Å². The molecule has 0 saturated carbocycles. The Kier molecular flexibility index (Phi) is 5.18. The van der Waals surface area contributed by atoms with E-state index in [1.807, 2.05) is 38.4 Å². The third-order valence-electron chi connectivity index (χ3n) is 2.90. The standard InChI is InChI=1S/C16H18N2OS/c1-18(2)15-9-7-13(8-10-15)5-3-4-6-16-17-14(11-19)12-20-16/h3-11,14H,12H2,1-2H3/b5-3+,6-4+/t14-/m0/s1. The average molecular weight is 286 g/mol. The highest BCUT2D eigenvalue weighted by Crippen LogP contribution is 2.17. The third-order valence-corrected chi connectivity index (χ3v) is 3.95. The van der Waals surface area contributed by atoms with Gasteiger partial charge < -0.3 is 9.69 Å². The van der Waals surface area contributed by atoms with Crippen LogP contribution in [0.25, 0.3) is 6.08 Å². The molecule has 0 aliphatic carbocycles. The molecule has 4 heteroatoms. The van der Waals surface area contributed by atoms with E-state index in [0.717, 1.165) is 22.6 Å². The van der Waals surface area contributed by atoms with Gasteiger partial charge in [0, 0.05) is 25.5 Å². The molecule has 3 nitrogen and oxygen atoms in total. The van der Waals surface area contributed by atoms with E-state index in [2.05, 4.69) is 34.2 Å². The van der Waals surface area contributed by atoms with Crippen molar-refractivity contribution < 1.29 is 4.79 Å². The van der Waals surface area contributed by atoms with Gasteiger partial charge in [-0.3, -0.25) is 4.99 Å². The molecule has 0 N–H and O–H groups in total. The van der Waals surface area contributed by atoms with E-state index in [4.69, 9.17) is 0 Å². The van der Waals surface area contributed by atoms with Crippen molar-refractivity contribution in [3.8, 4) is 0 Å². The van der Waals surface area contributed by atoms with E-state index in [0.29, 0.717) is 0 Å². The Morgan fingerprint density at radius 3 is 2.50 bits per heavy atom. The summed E-state index contributed by atoms with van der Waals surface area (Å²) in [5.74, 6) is 0.763. The molecule has 0 saturated heterocycles. The molecule has 20 heavy (non-hydrogen) atoms. The van der Waals surface area contributed by atoms with Crippen LogP contribution in [-0.2, 0) is 4.79 Å². The van der Waals surface area contributed by atoms with E-state index < -0.39 is 0 Å². The zero-order valence-corrected chi connectivity index (χ0v) is 12.5. The first-order valence-corrected chi connectivity index (χ1v) is 7.45. The van der Waals surface area contributed by atoms with Crippen LogP contribution >= 0.6 is 11.8 Å². The molecule has 0 spiro atoms. The van der Waals surface area contributed by atoms with E-state index in [1.54, 1.807) is 11.8 Å².